The molecule has 0 aliphatic rings. The molecule has 0 saturated carbocycles. The van der Waals surface area contributed by atoms with Crippen LogP contribution in [-0.2, 0) is 0 Å². The van der Waals surface area contributed by atoms with Crippen LogP contribution in [0.2, 0.25) is 0 Å². The SMILES string of the molecule is [Er+3].[Er+3].[Er+3].[Er+3].[O-]B([O-])[O-].[O-]B([O-])[O-].[O-]B([O-])[O-].[O-]B([O-])[O-]. The van der Waals surface area contributed by atoms with Crippen LogP contribution in [0.4, 0.5) is 0 Å². The summed E-state index contributed by atoms with van der Waals surface area (Å²) in [4.78, 5) is 0. The molecule has 4 radical (unpaired) electrons. The quantitative estimate of drug-likeness (QED) is 0.205. The Morgan fingerprint density at radius 2 is 0.250 bits per heavy atom. The van der Waals surface area contributed by atoms with E-state index < -0.39 is 29.3 Å². The second kappa shape index (κ2) is 43.8. The van der Waals surface area contributed by atoms with Gasteiger partial charge in [-0.2, -0.15) is 0 Å². The molecule has 12 nitrogen and oxygen atoms in total. The molecule has 20 heteroatoms. The first-order chi connectivity index (χ1) is 6.93. The molecule has 0 unspecified atom stereocenters. The molecule has 0 amide bonds. The first-order valence-electron chi connectivity index (χ1n) is 2.83. The molecule has 132 valence electrons. The largest absolute Gasteiger partial charge is 3.00 e. The van der Waals surface area contributed by atoms with Crippen molar-refractivity contribution in [3.8, 4) is 0 Å². The van der Waals surface area contributed by atoms with Crippen molar-refractivity contribution in [1.82, 2.24) is 0 Å². The molecule has 0 heterocycles. The summed E-state index contributed by atoms with van der Waals surface area (Å²) >= 11 is 0. The van der Waals surface area contributed by atoms with Crippen molar-refractivity contribution >= 4 is 29.3 Å². The van der Waals surface area contributed by atoms with Gasteiger partial charge in [-0.15, -0.1) is 0 Å². The summed E-state index contributed by atoms with van der Waals surface area (Å²) in [7, 11) is -11.7. The normalized spacial score (nSPS) is 5.40. The van der Waals surface area contributed by atoms with Crippen molar-refractivity contribution in [3.05, 3.63) is 0 Å². The van der Waals surface area contributed by atoms with Crippen molar-refractivity contribution in [2.24, 2.45) is 0 Å². The molecular weight excluding hydrogens is 904 g/mol. The van der Waals surface area contributed by atoms with Gasteiger partial charge in [-0.25, -0.2) is 0 Å². The van der Waals surface area contributed by atoms with E-state index in [9.17, 15) is 0 Å². The minimum Gasteiger partial charge on any atom is -0.907 e. The van der Waals surface area contributed by atoms with Gasteiger partial charge in [-0.05, 0) is 0 Å². The third-order valence-electron chi connectivity index (χ3n) is 0. The van der Waals surface area contributed by atoms with E-state index in [-0.39, 0.29) is 149 Å². The zero-order valence-electron chi connectivity index (χ0n) is 8.36. The van der Waals surface area contributed by atoms with Gasteiger partial charge >= 0.3 is 149 Å². The van der Waals surface area contributed by atoms with E-state index in [1.807, 2.05) is 0 Å². The van der Waals surface area contributed by atoms with Crippen molar-refractivity contribution in [3.63, 3.8) is 0 Å². The third kappa shape index (κ3) is 475. The van der Waals surface area contributed by atoms with E-state index in [1.54, 1.807) is 0 Å². The van der Waals surface area contributed by atoms with E-state index in [1.165, 1.54) is 0 Å². The Morgan fingerprint density at radius 3 is 0.250 bits per heavy atom. The fourth-order valence-corrected chi connectivity index (χ4v) is 0. The van der Waals surface area contributed by atoms with Crippen LogP contribution in [0.3, 0.4) is 0 Å². The van der Waals surface area contributed by atoms with Crippen molar-refractivity contribution in [2.45, 2.75) is 0 Å². The first-order valence-corrected chi connectivity index (χ1v) is 2.83. The average molecular weight is 904 g/mol. The molecule has 0 spiro atoms. The summed E-state index contributed by atoms with van der Waals surface area (Å²) in [6, 6.07) is 0. The van der Waals surface area contributed by atoms with Gasteiger partial charge < -0.3 is 60.3 Å². The minimum atomic E-state index is -2.92. The molecule has 0 aliphatic heterocycles. The van der Waals surface area contributed by atoms with E-state index in [2.05, 4.69) is 0 Å². The minimum absolute atomic E-state index is 0. The molecule has 0 rings (SSSR count). The van der Waals surface area contributed by atoms with Crippen LogP contribution in [0, 0.1) is 149 Å². The second-order valence-electron chi connectivity index (χ2n) is 1.15. The summed E-state index contributed by atoms with van der Waals surface area (Å²) in [5, 5.41) is 101. The topological polar surface area (TPSA) is 277 Å². The maximum atomic E-state index is 8.42. The van der Waals surface area contributed by atoms with Gasteiger partial charge in [0.05, 0.1) is 0 Å². The Hall–Kier alpha value is 4.77. The Balaban J connectivity index is -0.0000000150. The standard InChI is InChI=1S/4BO3.4Er/c4*2-1(3)4;;;;/q4*-3;4*+3. The van der Waals surface area contributed by atoms with E-state index in [0.29, 0.717) is 0 Å². The fraction of sp³-hybridized carbons (Fsp3) is 0. The van der Waals surface area contributed by atoms with Crippen molar-refractivity contribution < 1.29 is 210 Å². The Kier molecular flexibility index (Phi) is 109. The van der Waals surface area contributed by atoms with Gasteiger partial charge in [0.25, 0.3) is 0 Å². The summed E-state index contributed by atoms with van der Waals surface area (Å²) in [6.07, 6.45) is 0. The third-order valence-corrected chi connectivity index (χ3v) is 0. The van der Waals surface area contributed by atoms with Gasteiger partial charge in [0, 0.05) is 0 Å². The monoisotopic (exact) mass is 900 g/mol. The molecule has 0 atom stereocenters. The molecule has 0 N–H and O–H groups in total. The van der Waals surface area contributed by atoms with Crippen LogP contribution in [0.5, 0.6) is 0 Å². The fourth-order valence-electron chi connectivity index (χ4n) is 0. The number of hydrogen-bond acceptors (Lipinski definition) is 12. The van der Waals surface area contributed by atoms with Gasteiger partial charge in [-0.1, -0.05) is 0 Å². The molecule has 20 heavy (non-hydrogen) atoms. The van der Waals surface area contributed by atoms with Crippen molar-refractivity contribution in [2.75, 3.05) is 0 Å². The Morgan fingerprint density at radius 1 is 0.250 bits per heavy atom. The molecule has 0 bridgehead atoms. The summed E-state index contributed by atoms with van der Waals surface area (Å²) in [5.74, 6) is 0. The van der Waals surface area contributed by atoms with Crippen molar-refractivity contribution in [1.29, 1.82) is 0 Å². The van der Waals surface area contributed by atoms with Crippen LogP contribution in [0.1, 0.15) is 0 Å². The summed E-state index contributed by atoms with van der Waals surface area (Å²) < 4.78 is 0. The van der Waals surface area contributed by atoms with Crippen LogP contribution in [-0.4, -0.2) is 29.3 Å². The van der Waals surface area contributed by atoms with Crippen LogP contribution in [0.15, 0.2) is 0 Å². The zero-order chi connectivity index (χ0) is 14.3. The predicted octanol–water partition coefficient (Wildman–Crippen LogP) is -15.8. The molecular formula is B4Er4O12. The number of rotatable bonds is 0. The van der Waals surface area contributed by atoms with Crippen LogP contribution >= 0.6 is 0 Å². The van der Waals surface area contributed by atoms with Gasteiger partial charge in [-0.3, -0.25) is 29.3 Å². The molecule has 0 aromatic rings. The smallest absolute Gasteiger partial charge is 0.907 e. The summed E-state index contributed by atoms with van der Waals surface area (Å²) in [6.45, 7) is 0. The van der Waals surface area contributed by atoms with Crippen LogP contribution < -0.4 is 60.3 Å². The molecule has 0 saturated heterocycles. The number of hydrogen-bond donors (Lipinski definition) is 0. The van der Waals surface area contributed by atoms with E-state index in [4.69, 9.17) is 60.3 Å². The van der Waals surface area contributed by atoms with Gasteiger partial charge in [0.2, 0.25) is 0 Å². The van der Waals surface area contributed by atoms with E-state index in [0.717, 1.165) is 0 Å². The zero-order valence-corrected chi connectivity index (χ0v) is 15.8. The molecule has 0 aromatic carbocycles. The molecule has 0 aliphatic carbocycles. The second-order valence-corrected chi connectivity index (χ2v) is 1.15. The Labute approximate surface area is 233 Å². The molecule has 0 aromatic heterocycles. The van der Waals surface area contributed by atoms with Gasteiger partial charge in [0.1, 0.15) is 0 Å². The molecule has 0 fully saturated rings. The maximum absolute atomic E-state index is 8.42. The van der Waals surface area contributed by atoms with Gasteiger partial charge in [0.15, 0.2) is 0 Å². The predicted molar refractivity (Wildman–Crippen MR) is 23.0 cm³/mol. The van der Waals surface area contributed by atoms with Crippen LogP contribution in [0.25, 0.3) is 0 Å². The van der Waals surface area contributed by atoms with E-state index >= 15 is 0 Å². The Bertz CT molecular complexity index is 70.4. The summed E-state index contributed by atoms with van der Waals surface area (Å²) in [5.41, 5.74) is 0. The first kappa shape index (κ1) is 49.8. The maximum Gasteiger partial charge on any atom is 3.00 e. The average Bonchev–Trinajstić information content (AvgIpc) is 1.76.